The summed E-state index contributed by atoms with van der Waals surface area (Å²) in [7, 11) is 1.68. The van der Waals surface area contributed by atoms with Crippen LogP contribution >= 0.6 is 15.9 Å². The number of carbonyl (C=O) groups is 2. The summed E-state index contributed by atoms with van der Waals surface area (Å²) in [4.78, 5) is 27.2. The predicted molar refractivity (Wildman–Crippen MR) is 86.2 cm³/mol. The smallest absolute Gasteiger partial charge is 0.255 e. The van der Waals surface area contributed by atoms with Crippen molar-refractivity contribution in [1.82, 2.24) is 0 Å². The maximum absolute atomic E-state index is 12.7. The third-order valence-electron chi connectivity index (χ3n) is 3.48. The number of hydrogen-bond donors (Lipinski definition) is 0. The number of alkyl halides is 1. The minimum absolute atomic E-state index is 0.272. The van der Waals surface area contributed by atoms with E-state index in [0.717, 1.165) is 5.69 Å². The largest absolute Gasteiger partial charge is 0.312 e. The van der Waals surface area contributed by atoms with E-state index in [4.69, 9.17) is 0 Å². The van der Waals surface area contributed by atoms with Gasteiger partial charge in [-0.1, -0.05) is 46.3 Å². The summed E-state index contributed by atoms with van der Waals surface area (Å²) in [5.74, 6) is -0.561. The number of anilines is 3. The van der Waals surface area contributed by atoms with Crippen molar-refractivity contribution in [2.24, 2.45) is 0 Å². The highest BCUT2D eigenvalue weighted by atomic mass is 79.9. The molecule has 0 bridgehead atoms. The fraction of sp³-hybridized carbons (Fsp3) is 0.125. The van der Waals surface area contributed by atoms with Crippen LogP contribution in [-0.4, -0.2) is 23.7 Å². The summed E-state index contributed by atoms with van der Waals surface area (Å²) in [5.41, 5.74) is 2.15. The molecular formula is C16H13BrN2O2. The normalized spacial score (nSPS) is 18.5. The first-order chi connectivity index (χ1) is 10.1. The molecule has 5 heteroatoms. The number of halogens is 1. The Balaban J connectivity index is 2.24. The third kappa shape index (κ3) is 2.23. The molecule has 1 atom stereocenters. The minimum atomic E-state index is -0.893. The topological polar surface area (TPSA) is 40.6 Å². The molecular weight excluding hydrogens is 332 g/mol. The molecule has 1 unspecified atom stereocenters. The average molecular weight is 345 g/mol. The second-order valence-corrected chi connectivity index (χ2v) is 5.67. The molecule has 0 saturated heterocycles. The van der Waals surface area contributed by atoms with Crippen molar-refractivity contribution < 1.29 is 9.59 Å². The lowest BCUT2D eigenvalue weighted by Crippen LogP contribution is -2.39. The van der Waals surface area contributed by atoms with Gasteiger partial charge in [-0.25, -0.2) is 0 Å². The number of rotatable bonds is 1. The van der Waals surface area contributed by atoms with E-state index in [9.17, 15) is 9.59 Å². The number of benzene rings is 2. The van der Waals surface area contributed by atoms with Gasteiger partial charge in [-0.3, -0.25) is 14.5 Å². The number of para-hydroxylation sites is 3. The number of hydrogen-bond acceptors (Lipinski definition) is 2. The van der Waals surface area contributed by atoms with Gasteiger partial charge in [0.15, 0.2) is 4.83 Å². The summed E-state index contributed by atoms with van der Waals surface area (Å²) >= 11 is 3.22. The Bertz CT molecular complexity index is 702. The maximum Gasteiger partial charge on any atom is 0.255 e. The van der Waals surface area contributed by atoms with Crippen LogP contribution in [0, 0.1) is 0 Å². The van der Waals surface area contributed by atoms with Gasteiger partial charge in [-0.15, -0.1) is 0 Å². The standard InChI is InChI=1S/C16H13BrN2O2/c1-18-12-9-5-6-10-13(12)19(11-7-3-2-4-8-11)16(21)14(17)15(18)20/h2-10,14H,1H3. The average Bonchev–Trinajstić information content (AvgIpc) is 2.60. The molecule has 0 spiro atoms. The molecule has 0 radical (unpaired) electrons. The second-order valence-electron chi connectivity index (χ2n) is 4.76. The van der Waals surface area contributed by atoms with Gasteiger partial charge in [0.25, 0.3) is 5.91 Å². The van der Waals surface area contributed by atoms with Gasteiger partial charge in [-0.05, 0) is 24.3 Å². The highest BCUT2D eigenvalue weighted by Crippen LogP contribution is 2.38. The van der Waals surface area contributed by atoms with Crippen molar-refractivity contribution in [2.75, 3.05) is 16.8 Å². The molecule has 2 amide bonds. The van der Waals surface area contributed by atoms with Crippen molar-refractivity contribution in [3.8, 4) is 0 Å². The Labute approximate surface area is 131 Å². The highest BCUT2D eigenvalue weighted by molar-refractivity contribution is 9.10. The molecule has 0 aromatic heterocycles. The Morgan fingerprint density at radius 1 is 0.857 bits per heavy atom. The van der Waals surface area contributed by atoms with Crippen LogP contribution in [-0.2, 0) is 9.59 Å². The lowest BCUT2D eigenvalue weighted by molar-refractivity contribution is -0.124. The maximum atomic E-state index is 12.7. The summed E-state index contributed by atoms with van der Waals surface area (Å²) in [5, 5.41) is 0. The van der Waals surface area contributed by atoms with Gasteiger partial charge in [-0.2, -0.15) is 0 Å². The summed E-state index contributed by atoms with van der Waals surface area (Å²) < 4.78 is 0. The molecule has 21 heavy (non-hydrogen) atoms. The zero-order chi connectivity index (χ0) is 15.0. The van der Waals surface area contributed by atoms with Crippen LogP contribution in [0.15, 0.2) is 54.6 Å². The second kappa shape index (κ2) is 5.33. The van der Waals surface area contributed by atoms with Gasteiger partial charge < -0.3 is 4.90 Å². The third-order valence-corrected chi connectivity index (χ3v) is 4.27. The van der Waals surface area contributed by atoms with Crippen molar-refractivity contribution in [3.63, 3.8) is 0 Å². The van der Waals surface area contributed by atoms with E-state index in [1.165, 1.54) is 4.90 Å². The first-order valence-corrected chi connectivity index (χ1v) is 7.42. The molecule has 0 saturated carbocycles. The Morgan fingerprint density at radius 3 is 2.10 bits per heavy atom. The molecule has 1 heterocycles. The molecule has 2 aromatic carbocycles. The molecule has 4 nitrogen and oxygen atoms in total. The highest BCUT2D eigenvalue weighted by Gasteiger charge is 2.37. The van der Waals surface area contributed by atoms with Gasteiger partial charge in [0.2, 0.25) is 5.91 Å². The van der Waals surface area contributed by atoms with Gasteiger partial charge in [0.1, 0.15) is 0 Å². The van der Waals surface area contributed by atoms with Crippen LogP contribution in [0.4, 0.5) is 17.1 Å². The fourth-order valence-corrected chi connectivity index (χ4v) is 2.92. The van der Waals surface area contributed by atoms with Crippen molar-refractivity contribution in [2.45, 2.75) is 4.83 Å². The molecule has 1 aliphatic rings. The first-order valence-electron chi connectivity index (χ1n) is 6.51. The van der Waals surface area contributed by atoms with E-state index >= 15 is 0 Å². The van der Waals surface area contributed by atoms with E-state index in [1.54, 1.807) is 11.9 Å². The number of nitrogens with zero attached hydrogens (tertiary/aromatic N) is 2. The van der Waals surface area contributed by atoms with E-state index in [1.807, 2.05) is 54.6 Å². The first kappa shape index (κ1) is 13.8. The van der Waals surface area contributed by atoms with Crippen molar-refractivity contribution in [1.29, 1.82) is 0 Å². The molecule has 0 aliphatic carbocycles. The van der Waals surface area contributed by atoms with E-state index < -0.39 is 4.83 Å². The van der Waals surface area contributed by atoms with Crippen LogP contribution in [0.1, 0.15) is 0 Å². The van der Waals surface area contributed by atoms with Gasteiger partial charge in [0.05, 0.1) is 11.4 Å². The molecule has 106 valence electrons. The molecule has 2 aromatic rings. The zero-order valence-corrected chi connectivity index (χ0v) is 12.9. The molecule has 0 N–H and O–H groups in total. The fourth-order valence-electron chi connectivity index (χ4n) is 2.41. The number of amides is 2. The van der Waals surface area contributed by atoms with Gasteiger partial charge >= 0.3 is 0 Å². The van der Waals surface area contributed by atoms with Crippen LogP contribution in [0.5, 0.6) is 0 Å². The summed E-state index contributed by atoms with van der Waals surface area (Å²) in [6, 6.07) is 16.7. The van der Waals surface area contributed by atoms with Crippen LogP contribution in [0.25, 0.3) is 0 Å². The molecule has 3 rings (SSSR count). The van der Waals surface area contributed by atoms with E-state index in [2.05, 4.69) is 15.9 Å². The lowest BCUT2D eigenvalue weighted by atomic mass is 10.2. The minimum Gasteiger partial charge on any atom is -0.312 e. The predicted octanol–water partition coefficient (Wildman–Crippen LogP) is 3.09. The van der Waals surface area contributed by atoms with Crippen LogP contribution < -0.4 is 9.80 Å². The van der Waals surface area contributed by atoms with E-state index in [0.29, 0.717) is 11.4 Å². The Morgan fingerprint density at radius 2 is 1.43 bits per heavy atom. The number of fused-ring (bicyclic) bond motifs is 1. The molecule has 0 fully saturated rings. The van der Waals surface area contributed by atoms with Crippen LogP contribution in [0.2, 0.25) is 0 Å². The quantitative estimate of drug-likeness (QED) is 0.589. The summed E-state index contributed by atoms with van der Waals surface area (Å²) in [6.07, 6.45) is 0. The monoisotopic (exact) mass is 344 g/mol. The van der Waals surface area contributed by atoms with Crippen molar-refractivity contribution >= 4 is 44.8 Å². The lowest BCUT2D eigenvalue weighted by Gasteiger charge is -2.23. The summed E-state index contributed by atoms with van der Waals surface area (Å²) in [6.45, 7) is 0. The van der Waals surface area contributed by atoms with Crippen molar-refractivity contribution in [3.05, 3.63) is 54.6 Å². The SMILES string of the molecule is CN1C(=O)C(Br)C(=O)N(c2ccccc2)c2ccccc21. The van der Waals surface area contributed by atoms with E-state index in [-0.39, 0.29) is 11.8 Å². The molecule has 1 aliphatic heterocycles. The Kier molecular flexibility index (Phi) is 3.51. The van der Waals surface area contributed by atoms with Crippen LogP contribution in [0.3, 0.4) is 0 Å². The Hall–Kier alpha value is -2.14. The van der Waals surface area contributed by atoms with Gasteiger partial charge in [0, 0.05) is 12.7 Å². The number of carbonyl (C=O) groups excluding carboxylic acids is 2. The zero-order valence-electron chi connectivity index (χ0n) is 11.4.